The molecule has 0 amide bonds. The monoisotopic (exact) mass is 599 g/mol. The normalized spacial score (nSPS) is 13.9. The van der Waals surface area contributed by atoms with Crippen LogP contribution in [0, 0.1) is 11.3 Å². The second kappa shape index (κ2) is 14.3. The third-order valence-corrected chi connectivity index (χ3v) is 8.67. The number of phenolic OH excluding ortho intramolecular Hbond substituents is 1. The number of aromatic hydroxyl groups is 1. The molecule has 1 aliphatic heterocycles. The molecule has 0 bridgehead atoms. The van der Waals surface area contributed by atoms with E-state index in [0.717, 1.165) is 78.1 Å². The fourth-order valence-corrected chi connectivity index (χ4v) is 6.32. The fraction of sp³-hybridized carbons (Fsp3) is 0.344. The van der Waals surface area contributed by atoms with Crippen LogP contribution in [0.1, 0.15) is 12.0 Å². The number of benzene rings is 2. The number of nitrogens with one attached hydrogen (secondary N) is 1. The highest BCUT2D eigenvalue weighted by Crippen LogP contribution is 2.46. The molecule has 11 heteroatoms. The maximum Gasteiger partial charge on any atom is 0.227 e. The van der Waals surface area contributed by atoms with Gasteiger partial charge in [0, 0.05) is 76.9 Å². The number of phenols is 1. The molecule has 0 saturated carbocycles. The van der Waals surface area contributed by atoms with Crippen molar-refractivity contribution in [3.8, 4) is 39.3 Å². The Labute approximate surface area is 256 Å². The van der Waals surface area contributed by atoms with Crippen molar-refractivity contribution >= 4 is 28.0 Å². The van der Waals surface area contributed by atoms with E-state index in [4.69, 9.17) is 14.8 Å². The lowest BCUT2D eigenvalue weighted by molar-refractivity contribution is 0.108. The number of aromatic nitrogens is 2. The van der Waals surface area contributed by atoms with Crippen LogP contribution in [0.4, 0.5) is 16.6 Å². The van der Waals surface area contributed by atoms with E-state index in [0.29, 0.717) is 23.8 Å². The molecule has 0 atom stereocenters. The molecule has 3 N–H and O–H groups in total. The molecule has 43 heavy (non-hydrogen) atoms. The average Bonchev–Trinajstić information content (AvgIpc) is 3.41. The number of hydrogen-bond acceptors (Lipinski definition) is 11. The Hall–Kier alpha value is -4.21. The molecule has 1 saturated heterocycles. The van der Waals surface area contributed by atoms with E-state index < -0.39 is 0 Å². The van der Waals surface area contributed by atoms with Crippen molar-refractivity contribution < 1.29 is 14.9 Å². The Morgan fingerprint density at radius 3 is 2.53 bits per heavy atom. The molecule has 1 aliphatic rings. The highest BCUT2D eigenvalue weighted by Gasteiger charge is 2.23. The number of hydrogen-bond donors (Lipinski definition) is 3. The first-order valence-corrected chi connectivity index (χ1v) is 15.2. The Morgan fingerprint density at radius 2 is 1.81 bits per heavy atom. The molecule has 0 aliphatic carbocycles. The third kappa shape index (κ3) is 7.60. The van der Waals surface area contributed by atoms with E-state index in [1.165, 1.54) is 11.3 Å². The maximum absolute atomic E-state index is 10.2. The Bertz CT molecular complexity index is 1560. The van der Waals surface area contributed by atoms with E-state index in [1.807, 2.05) is 55.4 Å². The van der Waals surface area contributed by atoms with Gasteiger partial charge in [0.2, 0.25) is 5.95 Å². The summed E-state index contributed by atoms with van der Waals surface area (Å²) in [5, 5.41) is 33.5. The zero-order valence-electron chi connectivity index (χ0n) is 24.5. The van der Waals surface area contributed by atoms with Crippen molar-refractivity contribution in [2.75, 3.05) is 76.8 Å². The van der Waals surface area contributed by atoms with Crippen LogP contribution in [0.15, 0.2) is 60.8 Å². The first kappa shape index (κ1) is 30.3. The van der Waals surface area contributed by atoms with Gasteiger partial charge >= 0.3 is 0 Å². The van der Waals surface area contributed by atoms with Crippen LogP contribution in [0.2, 0.25) is 0 Å². The standard InChI is InChI=1S/C32H37N7O3S/c1-37(2)31-27(22-33)29(23-6-3-8-25(41)20-23)30(43-31)28-10-11-34-32(36-28)35-24-7-4-9-26(21-24)42-19-5-12-38-13-15-39(16-14-38)17-18-40/h3-4,6-11,20-21,40-41H,5,12-19H2,1-2H3,(H,34,35,36). The third-order valence-electron chi connectivity index (χ3n) is 7.29. The maximum atomic E-state index is 10.2. The molecule has 5 rings (SSSR count). The number of ether oxygens (including phenoxy) is 1. The van der Waals surface area contributed by atoms with Crippen LogP contribution < -0.4 is 15.0 Å². The predicted molar refractivity (Wildman–Crippen MR) is 171 cm³/mol. The fourth-order valence-electron chi connectivity index (χ4n) is 5.15. The summed E-state index contributed by atoms with van der Waals surface area (Å²) in [6, 6.07) is 18.9. The number of thiophene rings is 1. The van der Waals surface area contributed by atoms with Gasteiger partial charge in [-0.2, -0.15) is 5.26 Å². The molecule has 0 spiro atoms. The van der Waals surface area contributed by atoms with E-state index >= 15 is 0 Å². The van der Waals surface area contributed by atoms with Crippen molar-refractivity contribution in [3.63, 3.8) is 0 Å². The zero-order valence-corrected chi connectivity index (χ0v) is 25.3. The number of nitrogens with zero attached hydrogens (tertiary/aromatic N) is 6. The highest BCUT2D eigenvalue weighted by molar-refractivity contribution is 7.20. The van der Waals surface area contributed by atoms with Crippen molar-refractivity contribution in [2.24, 2.45) is 0 Å². The van der Waals surface area contributed by atoms with E-state index in [2.05, 4.69) is 26.2 Å². The number of rotatable bonds is 12. The number of β-amino-alcohol motifs (C(OH)–C–C–N with tert-alkyl or cyclic N) is 1. The summed E-state index contributed by atoms with van der Waals surface area (Å²) in [4.78, 5) is 16.7. The smallest absolute Gasteiger partial charge is 0.227 e. The minimum absolute atomic E-state index is 0.133. The summed E-state index contributed by atoms with van der Waals surface area (Å²) in [6.07, 6.45) is 2.63. The average molecular weight is 600 g/mol. The second-order valence-corrected chi connectivity index (χ2v) is 11.6. The van der Waals surface area contributed by atoms with Gasteiger partial charge in [0.05, 0.1) is 29.3 Å². The Balaban J connectivity index is 1.27. The predicted octanol–water partition coefficient (Wildman–Crippen LogP) is 4.64. The number of piperazine rings is 1. The molecule has 224 valence electrons. The number of anilines is 3. The SMILES string of the molecule is CN(C)c1sc(-c2ccnc(Nc3cccc(OCCCN4CCN(CCO)CC4)c3)n2)c(-c2cccc(O)c2)c1C#N. The van der Waals surface area contributed by atoms with E-state index in [1.54, 1.807) is 24.4 Å². The quantitative estimate of drug-likeness (QED) is 0.199. The van der Waals surface area contributed by atoms with Crippen molar-refractivity contribution in [3.05, 3.63) is 66.4 Å². The molecule has 2 aromatic carbocycles. The largest absolute Gasteiger partial charge is 0.508 e. The van der Waals surface area contributed by atoms with Gasteiger partial charge < -0.3 is 30.1 Å². The second-order valence-electron chi connectivity index (χ2n) is 10.6. The lowest BCUT2D eigenvalue weighted by Gasteiger charge is -2.34. The van der Waals surface area contributed by atoms with Gasteiger partial charge in [0.15, 0.2) is 0 Å². The van der Waals surface area contributed by atoms with Crippen LogP contribution in [0.5, 0.6) is 11.5 Å². The first-order chi connectivity index (χ1) is 20.9. The summed E-state index contributed by atoms with van der Waals surface area (Å²) in [7, 11) is 3.82. The number of aliphatic hydroxyl groups is 1. The summed E-state index contributed by atoms with van der Waals surface area (Å²) >= 11 is 1.48. The minimum atomic E-state index is 0.133. The van der Waals surface area contributed by atoms with Gasteiger partial charge in [-0.1, -0.05) is 18.2 Å². The minimum Gasteiger partial charge on any atom is -0.508 e. The summed E-state index contributed by atoms with van der Waals surface area (Å²) < 4.78 is 6.05. The summed E-state index contributed by atoms with van der Waals surface area (Å²) in [5.41, 5.74) is 3.50. The van der Waals surface area contributed by atoms with Crippen molar-refractivity contribution in [2.45, 2.75) is 6.42 Å². The van der Waals surface area contributed by atoms with E-state index in [9.17, 15) is 10.4 Å². The Kier molecular flexibility index (Phi) is 10.1. The molecule has 2 aromatic heterocycles. The van der Waals surface area contributed by atoms with Gasteiger partial charge in [-0.3, -0.25) is 4.90 Å². The number of aliphatic hydroxyl groups excluding tert-OH is 1. The molecule has 1 fully saturated rings. The van der Waals surface area contributed by atoms with Gasteiger partial charge in [0.1, 0.15) is 22.6 Å². The lowest BCUT2D eigenvalue weighted by Crippen LogP contribution is -2.47. The first-order valence-electron chi connectivity index (χ1n) is 14.4. The van der Waals surface area contributed by atoms with Crippen LogP contribution >= 0.6 is 11.3 Å². The number of nitriles is 1. The Morgan fingerprint density at radius 1 is 1.05 bits per heavy atom. The zero-order chi connectivity index (χ0) is 30.2. The topological polar surface area (TPSA) is 121 Å². The van der Waals surface area contributed by atoms with Gasteiger partial charge in [-0.15, -0.1) is 11.3 Å². The van der Waals surface area contributed by atoms with Crippen LogP contribution in [0.3, 0.4) is 0 Å². The molecule has 10 nitrogen and oxygen atoms in total. The van der Waals surface area contributed by atoms with Crippen LogP contribution in [-0.2, 0) is 0 Å². The van der Waals surface area contributed by atoms with Gasteiger partial charge in [-0.05, 0) is 42.3 Å². The van der Waals surface area contributed by atoms with Crippen molar-refractivity contribution in [1.82, 2.24) is 19.8 Å². The summed E-state index contributed by atoms with van der Waals surface area (Å²) in [6.45, 7) is 6.62. The molecule has 3 heterocycles. The molecule has 0 radical (unpaired) electrons. The lowest BCUT2D eigenvalue weighted by atomic mass is 10.00. The molecule has 4 aromatic rings. The van der Waals surface area contributed by atoms with Gasteiger partial charge in [-0.25, -0.2) is 9.97 Å². The summed E-state index contributed by atoms with van der Waals surface area (Å²) in [5.74, 6) is 1.33. The molecular weight excluding hydrogens is 562 g/mol. The molecular formula is C32H37N7O3S. The van der Waals surface area contributed by atoms with Crippen LogP contribution in [0.25, 0.3) is 21.7 Å². The van der Waals surface area contributed by atoms with Crippen LogP contribution in [-0.4, -0.2) is 96.6 Å². The van der Waals surface area contributed by atoms with E-state index in [-0.39, 0.29) is 12.4 Å². The van der Waals surface area contributed by atoms with Crippen molar-refractivity contribution in [1.29, 1.82) is 5.26 Å². The molecule has 0 unspecified atom stereocenters. The van der Waals surface area contributed by atoms with Gasteiger partial charge in [0.25, 0.3) is 0 Å². The highest BCUT2D eigenvalue weighted by atomic mass is 32.1.